The molecule has 0 amide bonds. The van der Waals surface area contributed by atoms with Gasteiger partial charge in [-0.3, -0.25) is 9.82 Å². The summed E-state index contributed by atoms with van der Waals surface area (Å²) in [7, 11) is -3.40. The van der Waals surface area contributed by atoms with E-state index in [1.807, 2.05) is 5.10 Å². The number of hydrogen-bond acceptors (Lipinski definition) is 5. The van der Waals surface area contributed by atoms with Gasteiger partial charge >= 0.3 is 6.18 Å². The van der Waals surface area contributed by atoms with Gasteiger partial charge in [0.1, 0.15) is 11.4 Å². The number of ether oxygens (including phenoxy) is 1. The zero-order valence-electron chi connectivity index (χ0n) is 17.3. The number of fused-ring (bicyclic) bond motifs is 1. The maximum Gasteiger partial charge on any atom is 0.433 e. The maximum atomic E-state index is 12.9. The van der Waals surface area contributed by atoms with Crippen molar-refractivity contribution in [1.29, 1.82) is 0 Å². The molecule has 0 spiro atoms. The topological polar surface area (TPSA) is 104 Å². The third kappa shape index (κ3) is 6.13. The molecule has 0 bridgehead atoms. The molecule has 0 aliphatic rings. The molecule has 1 aromatic heterocycles. The molecule has 1 heterocycles. The van der Waals surface area contributed by atoms with E-state index in [0.717, 1.165) is 0 Å². The fourth-order valence-corrected chi connectivity index (χ4v) is 3.79. The predicted octanol–water partition coefficient (Wildman–Crippen LogP) is 4.63. The second-order valence-electron chi connectivity index (χ2n) is 7.27. The molecule has 11 heteroatoms. The van der Waals surface area contributed by atoms with E-state index in [1.54, 1.807) is 24.3 Å². The zero-order chi connectivity index (χ0) is 23.4. The minimum atomic E-state index is -4.50. The van der Waals surface area contributed by atoms with Gasteiger partial charge in [-0.25, -0.2) is 8.42 Å². The van der Waals surface area contributed by atoms with Crippen LogP contribution in [0.5, 0.6) is 5.75 Å². The number of alkyl halides is 3. The van der Waals surface area contributed by atoms with Gasteiger partial charge in [0.2, 0.25) is 10.0 Å². The number of sulfonamides is 1. The molecule has 174 valence electrons. The highest BCUT2D eigenvalue weighted by molar-refractivity contribution is 7.92. The number of unbranched alkanes of at least 4 members (excludes halogenated alkanes) is 1. The van der Waals surface area contributed by atoms with Crippen LogP contribution in [0.25, 0.3) is 10.9 Å². The van der Waals surface area contributed by atoms with E-state index in [0.29, 0.717) is 42.9 Å². The first-order valence-corrected chi connectivity index (χ1v) is 11.7. The molecule has 32 heavy (non-hydrogen) atoms. The van der Waals surface area contributed by atoms with Crippen LogP contribution in [0.1, 0.15) is 43.5 Å². The van der Waals surface area contributed by atoms with Crippen LogP contribution in [0.3, 0.4) is 0 Å². The van der Waals surface area contributed by atoms with Crippen molar-refractivity contribution in [2.24, 2.45) is 0 Å². The fourth-order valence-electron chi connectivity index (χ4n) is 3.16. The largest absolute Gasteiger partial charge is 0.494 e. The number of aliphatic hydroxyl groups is 1. The molecular weight excluding hydrogens is 447 g/mol. The Morgan fingerprint density at radius 1 is 1.19 bits per heavy atom. The summed E-state index contributed by atoms with van der Waals surface area (Å²) in [4.78, 5) is 0. The second kappa shape index (κ2) is 9.78. The minimum absolute atomic E-state index is 0.0172. The molecule has 0 radical (unpaired) electrons. The van der Waals surface area contributed by atoms with Crippen LogP contribution >= 0.6 is 0 Å². The molecule has 0 saturated carbocycles. The van der Waals surface area contributed by atoms with Crippen molar-refractivity contribution in [3.8, 4) is 5.75 Å². The number of nitrogens with one attached hydrogen (secondary N) is 2. The Morgan fingerprint density at radius 3 is 2.69 bits per heavy atom. The average molecular weight is 472 g/mol. The van der Waals surface area contributed by atoms with Gasteiger partial charge in [0.15, 0.2) is 0 Å². The van der Waals surface area contributed by atoms with Gasteiger partial charge in [0.25, 0.3) is 0 Å². The van der Waals surface area contributed by atoms with Crippen molar-refractivity contribution in [2.45, 2.75) is 38.5 Å². The van der Waals surface area contributed by atoms with E-state index in [-0.39, 0.29) is 16.7 Å². The van der Waals surface area contributed by atoms with Gasteiger partial charge in [-0.05, 0) is 56.0 Å². The van der Waals surface area contributed by atoms with Crippen LogP contribution in [-0.4, -0.2) is 36.1 Å². The first-order valence-electron chi connectivity index (χ1n) is 10.1. The van der Waals surface area contributed by atoms with E-state index in [1.165, 1.54) is 25.1 Å². The molecule has 0 aliphatic carbocycles. The van der Waals surface area contributed by atoms with Crippen LogP contribution < -0.4 is 9.46 Å². The molecule has 3 N–H and O–H groups in total. The van der Waals surface area contributed by atoms with Crippen molar-refractivity contribution < 1.29 is 31.4 Å². The van der Waals surface area contributed by atoms with Crippen LogP contribution in [-0.2, 0) is 16.2 Å². The standard InChI is InChI=1S/C21H24F3N3O4S/c1-2-32(29,30)27-15-7-5-6-14(12-15)19(28)8-3-4-11-31-16-9-10-17-18(13-16)25-26-20(17)21(22,23)24/h5-7,9-10,12-13,19,27-28H,2-4,8,11H2,1H3,(H,25,26)/t19-/m0/s1. The number of benzene rings is 2. The highest BCUT2D eigenvalue weighted by Crippen LogP contribution is 2.34. The summed E-state index contributed by atoms with van der Waals surface area (Å²) in [5.41, 5.74) is 0.282. The van der Waals surface area contributed by atoms with Crippen LogP contribution in [0, 0.1) is 0 Å². The van der Waals surface area contributed by atoms with Gasteiger partial charge in [0, 0.05) is 17.1 Å². The number of aromatic amines is 1. The lowest BCUT2D eigenvalue weighted by Crippen LogP contribution is -2.14. The van der Waals surface area contributed by atoms with Crippen molar-refractivity contribution >= 4 is 26.6 Å². The molecule has 3 aromatic rings. The second-order valence-corrected chi connectivity index (χ2v) is 9.28. The van der Waals surface area contributed by atoms with Crippen LogP contribution in [0.2, 0.25) is 0 Å². The number of aromatic nitrogens is 2. The smallest absolute Gasteiger partial charge is 0.433 e. The molecule has 0 aliphatic heterocycles. The van der Waals surface area contributed by atoms with Gasteiger partial charge in [0.05, 0.1) is 24.0 Å². The number of rotatable bonds is 10. The predicted molar refractivity (Wildman–Crippen MR) is 115 cm³/mol. The number of hydrogen-bond donors (Lipinski definition) is 3. The normalized spacial score (nSPS) is 13.3. The lowest BCUT2D eigenvalue weighted by Gasteiger charge is -2.13. The molecule has 2 aromatic carbocycles. The summed E-state index contributed by atoms with van der Waals surface area (Å²) < 4.78 is 70.1. The Morgan fingerprint density at radius 2 is 1.97 bits per heavy atom. The maximum absolute atomic E-state index is 12.9. The lowest BCUT2D eigenvalue weighted by atomic mass is 10.0. The number of aliphatic hydroxyl groups excluding tert-OH is 1. The third-order valence-electron chi connectivity index (χ3n) is 4.88. The van der Waals surface area contributed by atoms with Crippen molar-refractivity contribution in [3.05, 3.63) is 53.7 Å². The molecule has 7 nitrogen and oxygen atoms in total. The van der Waals surface area contributed by atoms with E-state index in [9.17, 15) is 26.7 Å². The van der Waals surface area contributed by atoms with Gasteiger partial charge in [-0.15, -0.1) is 0 Å². The summed E-state index contributed by atoms with van der Waals surface area (Å²) in [5, 5.41) is 16.1. The van der Waals surface area contributed by atoms with E-state index < -0.39 is 28.0 Å². The molecular formula is C21H24F3N3O4S. The molecule has 0 unspecified atom stereocenters. The Hall–Kier alpha value is -2.79. The first kappa shape index (κ1) is 23.9. The summed E-state index contributed by atoms with van der Waals surface area (Å²) in [6.45, 7) is 1.86. The van der Waals surface area contributed by atoms with Gasteiger partial charge in [-0.2, -0.15) is 18.3 Å². The van der Waals surface area contributed by atoms with Crippen LogP contribution in [0.15, 0.2) is 42.5 Å². The zero-order valence-corrected chi connectivity index (χ0v) is 18.1. The Kier molecular flexibility index (Phi) is 7.29. The number of nitrogens with zero attached hydrogens (tertiary/aromatic N) is 1. The van der Waals surface area contributed by atoms with Crippen molar-refractivity contribution in [1.82, 2.24) is 10.2 Å². The molecule has 0 fully saturated rings. The summed E-state index contributed by atoms with van der Waals surface area (Å²) >= 11 is 0. The highest BCUT2D eigenvalue weighted by Gasteiger charge is 2.35. The van der Waals surface area contributed by atoms with Crippen molar-refractivity contribution in [3.63, 3.8) is 0 Å². The third-order valence-corrected chi connectivity index (χ3v) is 6.18. The summed E-state index contributed by atoms with van der Waals surface area (Å²) in [6, 6.07) is 10.8. The SMILES string of the molecule is CCS(=O)(=O)Nc1cccc([C@@H](O)CCCCOc2ccc3c(C(F)(F)F)[nH]nc3c2)c1. The molecule has 0 saturated heterocycles. The average Bonchev–Trinajstić information content (AvgIpc) is 3.17. The number of anilines is 1. The quantitative estimate of drug-likeness (QED) is 0.374. The number of halogens is 3. The monoisotopic (exact) mass is 471 g/mol. The first-order chi connectivity index (χ1) is 15.1. The Balaban J connectivity index is 1.47. The Bertz CT molecular complexity index is 1160. The molecule has 3 rings (SSSR count). The Labute approximate surface area is 183 Å². The van der Waals surface area contributed by atoms with Crippen LogP contribution in [0.4, 0.5) is 18.9 Å². The van der Waals surface area contributed by atoms with Gasteiger partial charge < -0.3 is 9.84 Å². The summed E-state index contributed by atoms with van der Waals surface area (Å²) in [6.07, 6.45) is -3.57. The highest BCUT2D eigenvalue weighted by atomic mass is 32.2. The van der Waals surface area contributed by atoms with Crippen molar-refractivity contribution in [2.75, 3.05) is 17.1 Å². The fraction of sp³-hybridized carbons (Fsp3) is 0.381. The minimum Gasteiger partial charge on any atom is -0.494 e. The van der Waals surface area contributed by atoms with Gasteiger partial charge in [-0.1, -0.05) is 12.1 Å². The van der Waals surface area contributed by atoms with E-state index in [2.05, 4.69) is 9.82 Å². The van der Waals surface area contributed by atoms with E-state index >= 15 is 0 Å². The summed E-state index contributed by atoms with van der Waals surface area (Å²) in [5.74, 6) is 0.366. The van der Waals surface area contributed by atoms with E-state index in [4.69, 9.17) is 4.74 Å². The molecule has 1 atom stereocenters. The number of H-pyrrole nitrogens is 1. The lowest BCUT2D eigenvalue weighted by molar-refractivity contribution is -0.139.